The average Bonchev–Trinajstić information content (AvgIpc) is 3.73. The topological polar surface area (TPSA) is 80.1 Å². The van der Waals surface area contributed by atoms with E-state index in [9.17, 15) is 14.9 Å². The molecule has 3 aliphatic rings. The summed E-state index contributed by atoms with van der Waals surface area (Å²) in [6.45, 7) is 1.04. The normalized spacial score (nSPS) is 25.6. The van der Waals surface area contributed by atoms with Gasteiger partial charge in [-0.25, -0.2) is 4.79 Å². The van der Waals surface area contributed by atoms with Crippen LogP contribution in [0.2, 0.25) is 0 Å². The van der Waals surface area contributed by atoms with Crippen LogP contribution >= 0.6 is 22.9 Å². The third-order valence-corrected chi connectivity index (χ3v) is 10.5. The Morgan fingerprint density at radius 2 is 1.67 bits per heavy atom. The summed E-state index contributed by atoms with van der Waals surface area (Å²) in [7, 11) is 5.90. The van der Waals surface area contributed by atoms with Crippen molar-refractivity contribution in [3.8, 4) is 11.8 Å². The van der Waals surface area contributed by atoms with E-state index in [-0.39, 0.29) is 24.0 Å². The van der Waals surface area contributed by atoms with Crippen LogP contribution in [0.1, 0.15) is 49.7 Å². The third kappa shape index (κ3) is 4.97. The molecule has 1 saturated heterocycles. The molecular formula is C30H36IN5O3. The quantitative estimate of drug-likeness (QED) is 0.302. The first-order valence-corrected chi connectivity index (χ1v) is 14.5. The van der Waals surface area contributed by atoms with Gasteiger partial charge in [0.15, 0.2) is 0 Å². The molecule has 2 aromatic carbocycles. The summed E-state index contributed by atoms with van der Waals surface area (Å²) < 4.78 is 6.83. The minimum Gasteiger partial charge on any atom is -0.497 e. The van der Waals surface area contributed by atoms with E-state index in [1.807, 2.05) is 63.0 Å². The zero-order valence-corrected chi connectivity index (χ0v) is 25.1. The second kappa shape index (κ2) is 10.6. The van der Waals surface area contributed by atoms with Crippen molar-refractivity contribution in [3.63, 3.8) is 0 Å². The summed E-state index contributed by atoms with van der Waals surface area (Å²) in [6, 6.07) is 20.6. The van der Waals surface area contributed by atoms with E-state index in [1.54, 1.807) is 7.11 Å². The van der Waals surface area contributed by atoms with Gasteiger partial charge in [0.25, 0.3) is 5.91 Å². The number of hydrogen-bond acceptors (Lipinski definition) is 5. The minimum atomic E-state index is -0.726. The Bertz CT molecular complexity index is 1250. The van der Waals surface area contributed by atoms with Crippen LogP contribution in [0.3, 0.4) is 0 Å². The molecule has 2 saturated carbocycles. The monoisotopic (exact) mass is 641 g/mol. The van der Waals surface area contributed by atoms with E-state index in [2.05, 4.69) is 49.3 Å². The first-order valence-electron chi connectivity index (χ1n) is 13.5. The molecule has 0 aromatic heterocycles. The number of methoxy groups -OCH3 is 1. The number of nitrogens with zero attached hydrogens (tertiary/aromatic N) is 5. The summed E-state index contributed by atoms with van der Waals surface area (Å²) in [4.78, 5) is 33.4. The highest BCUT2D eigenvalue weighted by Crippen LogP contribution is 2.49. The van der Waals surface area contributed by atoms with Crippen LogP contribution in [0.5, 0.6) is 5.75 Å². The number of hydrogen-bond donors (Lipinski definition) is 0. The Balaban J connectivity index is 1.41. The summed E-state index contributed by atoms with van der Waals surface area (Å²) in [5, 5.41) is 9.64. The predicted molar refractivity (Wildman–Crippen MR) is 157 cm³/mol. The van der Waals surface area contributed by atoms with Crippen LogP contribution in [0.25, 0.3) is 0 Å². The van der Waals surface area contributed by atoms with E-state index in [0.29, 0.717) is 25.9 Å². The molecule has 0 radical (unpaired) electrons. The van der Waals surface area contributed by atoms with E-state index in [0.717, 1.165) is 37.0 Å². The average molecular weight is 642 g/mol. The molecule has 3 amide bonds. The van der Waals surface area contributed by atoms with Gasteiger partial charge in [-0.3, -0.25) is 12.8 Å². The summed E-state index contributed by atoms with van der Waals surface area (Å²) in [5.74, 6) is 0.596. The van der Waals surface area contributed by atoms with Crippen molar-refractivity contribution in [2.75, 3.05) is 34.3 Å². The molecule has 0 bridgehead atoms. The minimum absolute atomic E-state index is 0.00931. The van der Waals surface area contributed by atoms with Gasteiger partial charge in [-0.15, -0.1) is 0 Å². The SMILES string of the molecule is COc1ccc(CN2CC3(CCC(c4ccccc4)(N(C)C)CC3)N(CC(=O)N(I)C3(C#N)CC3)C2=O)cc1. The van der Waals surface area contributed by atoms with Gasteiger partial charge < -0.3 is 14.5 Å². The lowest BCUT2D eigenvalue weighted by molar-refractivity contribution is -0.128. The molecule has 0 unspecified atom stereocenters. The number of ether oxygens (including phenoxy) is 1. The lowest BCUT2D eigenvalue weighted by atomic mass is 9.68. The van der Waals surface area contributed by atoms with Crippen LogP contribution in [-0.4, -0.2) is 75.1 Å². The maximum absolute atomic E-state index is 13.9. The molecule has 0 N–H and O–H groups in total. The molecule has 206 valence electrons. The Morgan fingerprint density at radius 3 is 2.21 bits per heavy atom. The molecule has 2 aromatic rings. The summed E-state index contributed by atoms with van der Waals surface area (Å²) >= 11 is 1.97. The van der Waals surface area contributed by atoms with Gasteiger partial charge in [-0.2, -0.15) is 5.26 Å². The van der Waals surface area contributed by atoms with Gasteiger partial charge >= 0.3 is 6.03 Å². The van der Waals surface area contributed by atoms with E-state index < -0.39 is 11.1 Å². The number of rotatable bonds is 8. The second-order valence-corrected chi connectivity index (χ2v) is 12.4. The van der Waals surface area contributed by atoms with E-state index in [1.165, 1.54) is 8.68 Å². The van der Waals surface area contributed by atoms with Crippen molar-refractivity contribution in [3.05, 3.63) is 65.7 Å². The molecule has 0 atom stereocenters. The second-order valence-electron chi connectivity index (χ2n) is 11.4. The van der Waals surface area contributed by atoms with Crippen molar-refractivity contribution in [1.29, 1.82) is 5.26 Å². The van der Waals surface area contributed by atoms with Crippen molar-refractivity contribution in [2.45, 2.75) is 61.7 Å². The Hall–Kier alpha value is -2.84. The molecule has 39 heavy (non-hydrogen) atoms. The molecule has 5 rings (SSSR count). The van der Waals surface area contributed by atoms with Gasteiger partial charge in [-0.05, 0) is 75.9 Å². The smallest absolute Gasteiger partial charge is 0.321 e. The maximum Gasteiger partial charge on any atom is 0.321 e. The lowest BCUT2D eigenvalue weighted by Gasteiger charge is -2.51. The van der Waals surface area contributed by atoms with Crippen LogP contribution in [0.4, 0.5) is 4.79 Å². The summed E-state index contributed by atoms with van der Waals surface area (Å²) in [5.41, 5.74) is 1.02. The highest BCUT2D eigenvalue weighted by Gasteiger charge is 2.56. The molecule has 1 heterocycles. The van der Waals surface area contributed by atoms with Gasteiger partial charge in [0.2, 0.25) is 0 Å². The van der Waals surface area contributed by atoms with Crippen molar-refractivity contribution >= 4 is 34.8 Å². The Labute approximate surface area is 245 Å². The largest absolute Gasteiger partial charge is 0.497 e. The van der Waals surface area contributed by atoms with Crippen LogP contribution < -0.4 is 4.74 Å². The first-order chi connectivity index (χ1) is 18.7. The number of carbonyl (C=O) groups is 2. The predicted octanol–water partition coefficient (Wildman–Crippen LogP) is 4.94. The van der Waals surface area contributed by atoms with Gasteiger partial charge in [-0.1, -0.05) is 42.5 Å². The fraction of sp³-hybridized carbons (Fsp3) is 0.500. The standard InChI is InChI=1S/C30H36IN5O3/c1-33(2)30(24-7-5-4-6-8-24)17-15-29(16-18-30)22-34(19-23-9-11-25(39-3)12-10-23)27(38)35(29)20-26(37)36(31)28(21-32)13-14-28/h4-12H,13-20,22H2,1-3H3. The lowest BCUT2D eigenvalue weighted by Crippen LogP contribution is -2.57. The molecule has 1 aliphatic heterocycles. The maximum atomic E-state index is 13.9. The third-order valence-electron chi connectivity index (χ3n) is 9.09. The number of carbonyl (C=O) groups excluding carboxylic acids is 2. The number of nitriles is 1. The highest BCUT2D eigenvalue weighted by atomic mass is 127. The zero-order valence-electron chi connectivity index (χ0n) is 22.9. The van der Waals surface area contributed by atoms with Crippen molar-refractivity contribution in [2.24, 2.45) is 0 Å². The van der Waals surface area contributed by atoms with Crippen molar-refractivity contribution in [1.82, 2.24) is 17.8 Å². The fourth-order valence-electron chi connectivity index (χ4n) is 6.40. The summed E-state index contributed by atoms with van der Waals surface area (Å²) in [6.07, 6.45) is 4.72. The molecule has 3 fully saturated rings. The molecule has 9 heteroatoms. The highest BCUT2D eigenvalue weighted by molar-refractivity contribution is 14.1. The molecular weight excluding hydrogens is 605 g/mol. The number of urea groups is 1. The zero-order chi connectivity index (χ0) is 27.8. The fourth-order valence-corrected chi connectivity index (χ4v) is 7.14. The molecule has 2 aliphatic carbocycles. The number of amides is 3. The van der Waals surface area contributed by atoms with Gasteiger partial charge in [0, 0.05) is 18.6 Å². The van der Waals surface area contributed by atoms with E-state index >= 15 is 0 Å². The number of benzene rings is 2. The molecule has 8 nitrogen and oxygen atoms in total. The molecule has 1 spiro atoms. The Kier molecular flexibility index (Phi) is 7.55. The van der Waals surface area contributed by atoms with Gasteiger partial charge in [0.1, 0.15) is 17.8 Å². The van der Waals surface area contributed by atoms with E-state index in [4.69, 9.17) is 4.74 Å². The first kappa shape index (κ1) is 27.7. The van der Waals surface area contributed by atoms with Crippen LogP contribution in [0, 0.1) is 11.3 Å². The van der Waals surface area contributed by atoms with Gasteiger partial charge in [0.05, 0.1) is 41.6 Å². The van der Waals surface area contributed by atoms with Crippen LogP contribution in [0.15, 0.2) is 54.6 Å². The van der Waals surface area contributed by atoms with Crippen LogP contribution in [-0.2, 0) is 16.9 Å². The van der Waals surface area contributed by atoms with Crippen molar-refractivity contribution < 1.29 is 14.3 Å². The number of halogens is 1. The Morgan fingerprint density at radius 1 is 1.03 bits per heavy atom.